The van der Waals surface area contributed by atoms with Gasteiger partial charge in [0, 0.05) is 153 Å². The van der Waals surface area contributed by atoms with Crippen LogP contribution in [0.3, 0.4) is 0 Å². The Labute approximate surface area is 808 Å². The first kappa shape index (κ1) is 111. The number of aromatic amines is 1. The predicted molar refractivity (Wildman–Crippen MR) is 549 cm³/mol. The first-order chi connectivity index (χ1) is 60.6. The fourth-order valence-corrected chi connectivity index (χ4v) is 17.3. The van der Waals surface area contributed by atoms with Crippen LogP contribution in [0.25, 0.3) is 52.9 Å². The number of carbonyl (C=O) groups is 2. The highest BCUT2D eigenvalue weighted by Crippen LogP contribution is 2.34. The fraction of sp³-hybridized carbons (Fsp3) is 0.490. The van der Waals surface area contributed by atoms with E-state index in [1.807, 2.05) is 187 Å². The van der Waals surface area contributed by atoms with Crippen molar-refractivity contribution < 1.29 is 19.1 Å². The van der Waals surface area contributed by atoms with E-state index in [0.29, 0.717) is 36.0 Å². The summed E-state index contributed by atoms with van der Waals surface area (Å²) in [6.07, 6.45) is 53.4. The highest BCUT2D eigenvalue weighted by molar-refractivity contribution is 9.10. The lowest BCUT2D eigenvalue weighted by atomic mass is 9.99. The van der Waals surface area contributed by atoms with Gasteiger partial charge >= 0.3 is 12.1 Å². The van der Waals surface area contributed by atoms with Gasteiger partial charge in [-0.25, -0.2) is 69.6 Å². The lowest BCUT2D eigenvalue weighted by Gasteiger charge is -2.20. The third-order valence-electron chi connectivity index (χ3n) is 19.7. The number of halogens is 2. The molecule has 3 aromatic carbocycles. The van der Waals surface area contributed by atoms with Crippen LogP contribution in [-0.4, -0.2) is 146 Å². The Morgan fingerprint density at radius 1 is 0.422 bits per heavy atom. The molecule has 0 aliphatic heterocycles. The highest BCUT2D eigenvalue weighted by Gasteiger charge is 2.22. The SMILES string of the molecule is C.CC.CC.CSc1cnc(CCC(C)CCC(=O)OC(C)(C)C)nc1.CSc1cnc(CCC(C)CCc2nc3ccc(-c4cn[nH]c4)cc3s2)nc1.CSc1cnc(CCC(C)CCc2nc3ccc(-c4cnn(C(=O)OC(C)(C)C)c4)cc3s2)nc1.CSc1cnc(CCC(C)CCc2nc3ccc(Br)cc3s2)nc1.CSc1cnc(CCC(C)CN)nc1.Cl. The molecule has 128 heavy (non-hydrogen) atoms. The van der Waals surface area contributed by atoms with Crippen LogP contribution in [-0.2, 0) is 65.6 Å². The van der Waals surface area contributed by atoms with Crippen molar-refractivity contribution in [3.05, 3.63) is 190 Å². The van der Waals surface area contributed by atoms with Crippen LogP contribution in [0.5, 0.6) is 0 Å². The number of hydrogen-bond donors (Lipinski definition) is 2. The summed E-state index contributed by atoms with van der Waals surface area (Å²) in [6.45, 7) is 31.1. The number of hydrogen-bond acceptors (Lipinski definition) is 28. The van der Waals surface area contributed by atoms with Gasteiger partial charge in [0.2, 0.25) is 0 Å². The molecular formula is C96H134BrClN18O4S8. The minimum Gasteiger partial charge on any atom is -0.460 e. The Bertz CT molecular complexity index is 5270. The van der Waals surface area contributed by atoms with Gasteiger partial charge in [-0.15, -0.1) is 105 Å². The molecule has 32 heteroatoms. The number of H-pyrrole nitrogens is 1. The molecule has 0 aliphatic rings. The van der Waals surface area contributed by atoms with Gasteiger partial charge in [-0.2, -0.15) is 14.9 Å². The van der Waals surface area contributed by atoms with Crippen LogP contribution in [0.15, 0.2) is 170 Å². The standard InChI is InChI=1S/C26H31N5O2S2.C21H23N5S2.C18H20BrN3S2.C16H26N2O2S.C10H17N3S.2C2H6.CH4.ClH/c1-17(6-10-23-27-14-20(34-5)15-28-23)7-11-24-30-21-9-8-18(12-22(21)35-24)19-13-29-31(16-19)25(32)33-26(2,3)4;1-14(3-7-20-22-12-17(27-2)13-23-20)4-8-21-26-18-6-5-15(9-19(18)28-21)16-10-24-25-11-16;1-12(3-7-17-20-10-14(23-2)11-21-17)4-8-18-22-15-6-5-13(19)9-16(15)24-18;1-12(7-9-15(19)20-16(2,3)4)6-8-14-17-10-13(21-5)11-18-14;1-8(5-11)3-4-10-12-6-9(14-2)7-13-10;2*1-2;;/h8-9,12-17H,6-7,10-11H2,1-5H3;5-6,9-14H,3-4,7-8H2,1-2H3,(H,24,25);5-6,9-12H,3-4,7-8H2,1-2H3;10-12H,6-9H2,1-5H3;6-8H,3-5,11H2,1-2H3;2*1-2H3;1H4;1H. The third kappa shape index (κ3) is 40.7. The van der Waals surface area contributed by atoms with Crippen LogP contribution in [0.1, 0.15) is 220 Å². The molecule has 10 aromatic heterocycles. The maximum Gasteiger partial charge on any atom is 0.435 e. The largest absolute Gasteiger partial charge is 0.460 e. The van der Waals surface area contributed by atoms with Crippen molar-refractivity contribution in [1.29, 1.82) is 0 Å². The van der Waals surface area contributed by atoms with Crippen molar-refractivity contribution in [2.24, 2.45) is 35.3 Å². The number of nitrogens with one attached hydrogen (secondary N) is 1. The number of nitrogens with two attached hydrogens (primary N) is 1. The number of ether oxygens (including phenoxy) is 2. The number of fused-ring (bicyclic) bond motifs is 3. The Hall–Kier alpha value is -7.43. The molecule has 0 bridgehead atoms. The fourth-order valence-electron chi connectivity index (χ4n) is 12.2. The maximum atomic E-state index is 12.3. The Kier molecular flexibility index (Phi) is 51.3. The topological polar surface area (TPSA) is 293 Å². The number of esters is 1. The molecule has 13 rings (SSSR count). The molecule has 13 aromatic rings. The van der Waals surface area contributed by atoms with E-state index in [9.17, 15) is 9.59 Å². The van der Waals surface area contributed by atoms with Crippen molar-refractivity contribution in [2.75, 3.05) is 37.8 Å². The summed E-state index contributed by atoms with van der Waals surface area (Å²) >= 11 is 17.2. The molecule has 0 radical (unpaired) electrons. The van der Waals surface area contributed by atoms with Crippen LogP contribution < -0.4 is 5.73 Å². The van der Waals surface area contributed by atoms with E-state index >= 15 is 0 Å². The van der Waals surface area contributed by atoms with E-state index in [4.69, 9.17) is 30.2 Å². The number of thioether (sulfide) groups is 5. The quantitative estimate of drug-likeness (QED) is 0.0275. The van der Waals surface area contributed by atoms with Gasteiger partial charge in [-0.3, -0.25) is 9.89 Å². The van der Waals surface area contributed by atoms with Crippen molar-refractivity contribution in [1.82, 2.24) is 84.8 Å². The summed E-state index contributed by atoms with van der Waals surface area (Å²) in [6, 6.07) is 18.9. The van der Waals surface area contributed by atoms with Gasteiger partial charge in [0.25, 0.3) is 0 Å². The number of aryl methyl sites for hydroxylation is 8. The van der Waals surface area contributed by atoms with Gasteiger partial charge in [0.1, 0.15) is 40.3 Å². The van der Waals surface area contributed by atoms with E-state index in [0.717, 1.165) is 217 Å². The van der Waals surface area contributed by atoms with E-state index in [1.165, 1.54) is 29.7 Å². The minimum atomic E-state index is -0.564. The van der Waals surface area contributed by atoms with Gasteiger partial charge in [0.15, 0.2) is 0 Å². The summed E-state index contributed by atoms with van der Waals surface area (Å²) in [5.41, 5.74) is 11.9. The molecular weight excluding hydrogens is 1840 g/mol. The Morgan fingerprint density at radius 3 is 1.05 bits per heavy atom. The summed E-state index contributed by atoms with van der Waals surface area (Å²) in [7, 11) is 0. The Balaban J connectivity index is 0.000000287. The summed E-state index contributed by atoms with van der Waals surface area (Å²) in [4.78, 5) is 87.7. The number of thiazole rings is 3. The molecule has 10 heterocycles. The zero-order chi connectivity index (χ0) is 91.6. The third-order valence-corrected chi connectivity index (χ3v) is 26.8. The second-order valence-corrected chi connectivity index (χ2v) is 41.0. The van der Waals surface area contributed by atoms with Crippen LogP contribution in [0.4, 0.5) is 4.79 Å². The molecule has 694 valence electrons. The first-order valence-corrected chi connectivity index (χ1v) is 52.8. The summed E-state index contributed by atoms with van der Waals surface area (Å²) in [5.74, 6) is 7.33. The molecule has 0 saturated heterocycles. The zero-order valence-electron chi connectivity index (χ0n) is 77.5. The molecule has 5 unspecified atom stereocenters. The van der Waals surface area contributed by atoms with Gasteiger partial charge in [0.05, 0.1) is 58.1 Å². The van der Waals surface area contributed by atoms with Crippen molar-refractivity contribution in [3.63, 3.8) is 0 Å². The molecule has 22 nitrogen and oxygen atoms in total. The van der Waals surface area contributed by atoms with Crippen LogP contribution in [0, 0.1) is 29.6 Å². The van der Waals surface area contributed by atoms with Gasteiger partial charge in [-0.1, -0.05) is 97.8 Å². The molecule has 0 spiro atoms. The monoisotopic (exact) mass is 1970 g/mol. The molecule has 0 saturated carbocycles. The van der Waals surface area contributed by atoms with Crippen LogP contribution >= 0.6 is 121 Å². The second kappa shape index (κ2) is 59.2. The summed E-state index contributed by atoms with van der Waals surface area (Å²) in [5, 5.41) is 14.7. The number of nitrogens with zero attached hydrogens (tertiary/aromatic N) is 16. The van der Waals surface area contributed by atoms with Crippen molar-refractivity contribution in [2.45, 2.75) is 263 Å². The summed E-state index contributed by atoms with van der Waals surface area (Å²) < 4.78 is 16.7. The highest BCUT2D eigenvalue weighted by atomic mass is 79.9. The normalized spacial score (nSPS) is 12.2. The van der Waals surface area contributed by atoms with Gasteiger partial charge < -0.3 is 15.2 Å². The average Bonchev–Trinajstić information content (AvgIpc) is 1.74. The molecule has 0 fully saturated rings. The zero-order valence-corrected chi connectivity index (χ0v) is 86.5. The smallest absolute Gasteiger partial charge is 0.435 e. The Morgan fingerprint density at radius 2 is 0.734 bits per heavy atom. The van der Waals surface area contributed by atoms with Crippen LogP contribution in [0.2, 0.25) is 0 Å². The number of rotatable bonds is 35. The number of aromatic nitrogens is 17. The second-order valence-electron chi connectivity index (χ2n) is 32.3. The first-order valence-electron chi connectivity index (χ1n) is 43.4. The maximum absolute atomic E-state index is 12.3. The number of benzene rings is 3. The molecule has 3 N–H and O–H groups in total. The minimum absolute atomic E-state index is 0. The molecule has 0 aliphatic carbocycles. The average molecular weight is 1980 g/mol. The van der Waals surface area contributed by atoms with E-state index in [-0.39, 0.29) is 25.8 Å². The molecule has 0 amide bonds. The number of carbonyl (C=O) groups excluding carboxylic acids is 2. The van der Waals surface area contributed by atoms with E-state index < -0.39 is 17.3 Å². The van der Waals surface area contributed by atoms with Gasteiger partial charge in [-0.05, 0) is 240 Å². The van der Waals surface area contributed by atoms with E-state index in [1.54, 1.807) is 105 Å². The van der Waals surface area contributed by atoms with E-state index in [2.05, 4.69) is 158 Å². The predicted octanol–water partition coefficient (Wildman–Crippen LogP) is 26.6. The van der Waals surface area contributed by atoms with Crippen molar-refractivity contribution >= 4 is 164 Å². The molecule has 5 atom stereocenters. The lowest BCUT2D eigenvalue weighted by molar-refractivity contribution is -0.155. The van der Waals surface area contributed by atoms with Crippen molar-refractivity contribution in [3.8, 4) is 22.3 Å². The lowest BCUT2D eigenvalue weighted by Crippen LogP contribution is -2.27.